The lowest BCUT2D eigenvalue weighted by Gasteiger charge is -2.16. The summed E-state index contributed by atoms with van der Waals surface area (Å²) >= 11 is 4.60. The summed E-state index contributed by atoms with van der Waals surface area (Å²) in [5.41, 5.74) is 12.6. The van der Waals surface area contributed by atoms with Crippen molar-refractivity contribution in [1.29, 1.82) is 0 Å². The van der Waals surface area contributed by atoms with Crippen molar-refractivity contribution < 1.29 is 42.0 Å². The average molecular weight is 674 g/mol. The maximum atomic E-state index is 15.9. The van der Waals surface area contributed by atoms with Gasteiger partial charge < -0.3 is 35.5 Å². The van der Waals surface area contributed by atoms with Gasteiger partial charge in [-0.3, -0.25) is 9.13 Å². The molecule has 0 bridgehead atoms. The molecule has 2 aliphatic heterocycles. The first-order valence-electron chi connectivity index (χ1n) is 12.6. The highest BCUT2D eigenvalue weighted by atomic mass is 32.5. The molecule has 0 aliphatic carbocycles. The van der Waals surface area contributed by atoms with Crippen LogP contribution in [0.25, 0.3) is 22.3 Å². The minimum atomic E-state index is -4.09. The van der Waals surface area contributed by atoms with Crippen LogP contribution in [0.15, 0.2) is 30.3 Å². The van der Waals surface area contributed by atoms with Crippen molar-refractivity contribution in [2.45, 2.75) is 49.5 Å². The molecule has 2 unspecified atom stereocenters. The number of nitroso groups, excluding NO2 is 1. The van der Waals surface area contributed by atoms with Crippen molar-refractivity contribution in [3.63, 3.8) is 0 Å². The van der Waals surface area contributed by atoms with Crippen molar-refractivity contribution in [2.24, 2.45) is 4.95 Å². The van der Waals surface area contributed by atoms with E-state index < -0.39 is 64.5 Å². The van der Waals surface area contributed by atoms with E-state index in [2.05, 4.69) is 46.7 Å². The molecular formula is C20H23FN11O9P2S+. The number of nitrogens with zero attached hydrogens (tertiary/aromatic N) is 9. The van der Waals surface area contributed by atoms with E-state index in [9.17, 15) is 19.5 Å². The highest BCUT2D eigenvalue weighted by molar-refractivity contribution is 8.08. The van der Waals surface area contributed by atoms with Crippen LogP contribution in [0.1, 0.15) is 18.9 Å². The summed E-state index contributed by atoms with van der Waals surface area (Å²) in [6, 6.07) is 0. The third-order valence-corrected chi connectivity index (χ3v) is 8.82. The van der Waals surface area contributed by atoms with Gasteiger partial charge in [0.1, 0.15) is 42.5 Å². The lowest BCUT2D eigenvalue weighted by atomic mass is 10.1. The van der Waals surface area contributed by atoms with Gasteiger partial charge in [-0.15, -0.1) is 14.0 Å². The largest absolute Gasteiger partial charge is 0.697 e. The fraction of sp³-hybridized carbons (Fsp3) is 0.500. The van der Waals surface area contributed by atoms with Crippen molar-refractivity contribution in [3.05, 3.63) is 30.2 Å². The Kier molecular flexibility index (Phi) is 8.54. The number of aromatic nitrogens is 8. The molecule has 2 fully saturated rings. The van der Waals surface area contributed by atoms with E-state index in [0.717, 1.165) is 6.33 Å². The van der Waals surface area contributed by atoms with Crippen LogP contribution in [-0.2, 0) is 39.4 Å². The zero-order valence-corrected chi connectivity index (χ0v) is 24.7. The first kappa shape index (κ1) is 30.7. The minimum absolute atomic E-state index is 0.0458. The van der Waals surface area contributed by atoms with Crippen molar-refractivity contribution in [1.82, 2.24) is 39.0 Å². The minimum Gasteiger partial charge on any atom is -0.388 e. The highest BCUT2D eigenvalue weighted by Crippen LogP contribution is 2.46. The maximum absolute atomic E-state index is 15.9. The van der Waals surface area contributed by atoms with E-state index in [1.54, 1.807) is 0 Å². The summed E-state index contributed by atoms with van der Waals surface area (Å²) in [4.78, 5) is 47.1. The number of nitrogens with two attached hydrogens (primary N) is 2. The molecule has 0 aromatic carbocycles. The van der Waals surface area contributed by atoms with E-state index in [-0.39, 0.29) is 35.8 Å². The number of hydrogen-bond donors (Lipinski definition) is 4. The first-order valence-corrected chi connectivity index (χ1v) is 16.4. The summed E-state index contributed by atoms with van der Waals surface area (Å²) < 4.78 is 58.7. The summed E-state index contributed by atoms with van der Waals surface area (Å²) in [6.45, 7) is -5.03. The standard InChI is InChI=1S/C20H22FN11O9P2S/c21-11-14(10(3-38-43(36,44)30-34)40-20(11)32-7-29-13-16(23)25-5-27-18(13)32)41-42(35)37-2-8-1-9(33)19(39-8)31-6-28-12-15(22)24-4-26-17(12)31/h4-11,14,19-20,33H,1-3H2,(H4-,22,23,24,25,26,27,36,44)/p+1/t8-,9+,10+,11+,14+,19+,20+,43?/m0/s1. The lowest BCUT2D eigenvalue weighted by Crippen LogP contribution is -2.33. The first-order chi connectivity index (χ1) is 21.1. The van der Waals surface area contributed by atoms with Crippen LogP contribution in [-0.4, -0.2) is 92.8 Å². The number of imidazole rings is 2. The molecular weight excluding hydrogens is 651 g/mol. The molecule has 234 valence electrons. The Hall–Kier alpha value is -3.30. The van der Waals surface area contributed by atoms with Gasteiger partial charge in [-0.05, 0) is 11.8 Å². The Labute approximate surface area is 251 Å². The van der Waals surface area contributed by atoms with Gasteiger partial charge in [0.25, 0.3) is 0 Å². The fourth-order valence-corrected chi connectivity index (χ4v) is 6.22. The second-order valence-electron chi connectivity index (χ2n) is 9.58. The van der Waals surface area contributed by atoms with Crippen molar-refractivity contribution in [3.8, 4) is 0 Å². The summed E-state index contributed by atoms with van der Waals surface area (Å²) in [5.74, 6) is 0.202. The predicted molar refractivity (Wildman–Crippen MR) is 149 cm³/mol. The van der Waals surface area contributed by atoms with Gasteiger partial charge in [-0.2, -0.15) is 0 Å². The van der Waals surface area contributed by atoms with Crippen LogP contribution in [0.3, 0.4) is 0 Å². The molecule has 0 radical (unpaired) electrons. The Morgan fingerprint density at radius 3 is 2.27 bits per heavy atom. The Morgan fingerprint density at radius 1 is 1.05 bits per heavy atom. The number of alkyl halides is 1. The molecule has 2 saturated heterocycles. The fourth-order valence-electron chi connectivity index (χ4n) is 4.85. The molecule has 6 rings (SSSR count). The van der Waals surface area contributed by atoms with Gasteiger partial charge in [-0.1, -0.05) is 0 Å². The van der Waals surface area contributed by atoms with Gasteiger partial charge in [0.2, 0.25) is 0 Å². The molecule has 4 aromatic rings. The number of rotatable bonds is 11. The molecule has 4 aromatic heterocycles. The van der Waals surface area contributed by atoms with Crippen LogP contribution in [0.5, 0.6) is 0 Å². The van der Waals surface area contributed by atoms with Crippen molar-refractivity contribution >= 4 is 60.7 Å². The molecule has 20 nitrogen and oxygen atoms in total. The smallest absolute Gasteiger partial charge is 0.388 e. The van der Waals surface area contributed by atoms with Crippen LogP contribution < -0.4 is 11.5 Å². The maximum Gasteiger partial charge on any atom is 0.697 e. The predicted octanol–water partition coefficient (Wildman–Crippen LogP) is 0.773. The van der Waals surface area contributed by atoms with E-state index in [1.807, 2.05) is 0 Å². The number of ether oxygens (including phenoxy) is 2. The summed E-state index contributed by atoms with van der Waals surface area (Å²) in [7, 11) is -3.00. The van der Waals surface area contributed by atoms with E-state index >= 15 is 4.39 Å². The van der Waals surface area contributed by atoms with Crippen molar-refractivity contribution in [2.75, 3.05) is 24.7 Å². The normalized spacial score (nSPS) is 28.9. The third kappa shape index (κ3) is 5.88. The second kappa shape index (κ2) is 12.2. The van der Waals surface area contributed by atoms with E-state index in [4.69, 9.17) is 34.5 Å². The quantitative estimate of drug-likeness (QED) is 0.126. The zero-order chi connectivity index (χ0) is 31.2. The number of anilines is 2. The van der Waals surface area contributed by atoms with Gasteiger partial charge in [0.05, 0.1) is 25.4 Å². The Bertz CT molecular complexity index is 1770. The number of hydrogen-bond acceptors (Lipinski definition) is 17. The van der Waals surface area contributed by atoms with Gasteiger partial charge >= 0.3 is 14.9 Å². The number of nitrogen functional groups attached to an aromatic ring is 2. The molecule has 24 heteroatoms. The summed E-state index contributed by atoms with van der Waals surface area (Å²) in [5, 5.41) is 10.6. The van der Waals surface area contributed by atoms with E-state index in [1.165, 1.54) is 28.1 Å². The van der Waals surface area contributed by atoms with Crippen LogP contribution in [0.4, 0.5) is 16.0 Å². The third-order valence-electron chi connectivity index (χ3n) is 6.84. The number of aliphatic hydroxyl groups excluding tert-OH is 1. The summed E-state index contributed by atoms with van der Waals surface area (Å²) in [6.07, 6.45) is -3.96. The molecule has 0 amide bonds. The monoisotopic (exact) mass is 674 g/mol. The van der Waals surface area contributed by atoms with Crippen LogP contribution in [0, 0.1) is 4.91 Å². The molecule has 0 saturated carbocycles. The lowest BCUT2D eigenvalue weighted by molar-refractivity contribution is -0.0492. The van der Waals surface area contributed by atoms with Crippen LogP contribution >= 0.6 is 14.9 Å². The molecule has 0 spiro atoms. The topological polar surface area (TPSA) is 272 Å². The molecule has 2 aliphatic rings. The van der Waals surface area contributed by atoms with Gasteiger partial charge in [0.15, 0.2) is 47.7 Å². The van der Waals surface area contributed by atoms with Crippen LogP contribution in [0.2, 0.25) is 0 Å². The Morgan fingerprint density at radius 2 is 1.66 bits per heavy atom. The second-order valence-corrected chi connectivity index (χ2v) is 13.3. The number of aliphatic hydroxyl groups is 1. The number of halogens is 1. The average Bonchev–Trinajstić information content (AvgIpc) is 3.77. The number of fused-ring (bicyclic) bond motifs is 2. The molecule has 6 N–H and O–H groups in total. The molecule has 44 heavy (non-hydrogen) atoms. The highest BCUT2D eigenvalue weighted by Gasteiger charge is 2.53. The Balaban J connectivity index is 1.13. The zero-order valence-electron chi connectivity index (χ0n) is 22.1. The molecule has 6 heterocycles. The SMILES string of the molecule is Nc1ncnc2c1ncn2[C@@H]1O[C@H](COP(O)(=S)N=O)[C@@H](O[P+](=O)OC[C@@H]2C[C@@H](O)[C@H](n3cnc4c(N)ncnc43)O2)[C@H]1F. The van der Waals surface area contributed by atoms with Gasteiger partial charge in [-0.25, -0.2) is 34.3 Å². The van der Waals surface area contributed by atoms with E-state index in [0.29, 0.717) is 11.2 Å². The van der Waals surface area contributed by atoms with Gasteiger partial charge in [0, 0.05) is 15.9 Å². The molecule has 9 atom stereocenters.